The van der Waals surface area contributed by atoms with Crippen LogP contribution in [0.25, 0.3) is 0 Å². The first-order valence-corrected chi connectivity index (χ1v) is 14.1. The van der Waals surface area contributed by atoms with Gasteiger partial charge in [0, 0.05) is 0 Å². The summed E-state index contributed by atoms with van der Waals surface area (Å²) >= 11 is 7.22. The SMILES string of the molecule is CC(=O)C(O)CO.CCC(O)C(C)=O.COc1ccc(C(Cl)(c2ccccc2)c2ccc(OC)cc2)cc1.O.O.O=C(O)C(O)CO. The fourth-order valence-corrected chi connectivity index (χ4v) is 3.68. The molecule has 0 aliphatic heterocycles. The average molecular weight is 687 g/mol. The van der Waals surface area contributed by atoms with Crippen molar-refractivity contribution in [2.75, 3.05) is 27.4 Å². The minimum Gasteiger partial charge on any atom is -0.497 e. The molecule has 0 aliphatic carbocycles. The normalized spacial score (nSPS) is 11.7. The van der Waals surface area contributed by atoms with Crippen molar-refractivity contribution in [3.05, 3.63) is 95.6 Å². The van der Waals surface area contributed by atoms with Crippen LogP contribution in [0.3, 0.4) is 0 Å². The van der Waals surface area contributed by atoms with Gasteiger partial charge in [-0.1, -0.05) is 61.5 Å². The number of hydrogen-bond acceptors (Lipinski definition) is 10. The summed E-state index contributed by atoms with van der Waals surface area (Å²) in [6, 6.07) is 25.8. The number of carboxylic acid groups (broad SMARTS) is 1. The zero-order chi connectivity index (χ0) is 34.6. The van der Waals surface area contributed by atoms with E-state index in [0.29, 0.717) is 6.42 Å². The van der Waals surface area contributed by atoms with Crippen LogP contribution in [0.1, 0.15) is 43.9 Å². The Hall–Kier alpha value is -3.92. The molecule has 0 aliphatic rings. The number of alkyl halides is 1. The maximum atomic E-state index is 10.1. The van der Waals surface area contributed by atoms with Gasteiger partial charge in [-0.25, -0.2) is 4.79 Å². The molecule has 3 aromatic rings. The summed E-state index contributed by atoms with van der Waals surface area (Å²) in [5.74, 6) is -0.339. The Morgan fingerprint density at radius 1 is 0.660 bits per heavy atom. The highest BCUT2D eigenvalue weighted by molar-refractivity contribution is 6.28. The monoisotopic (exact) mass is 686 g/mol. The van der Waals surface area contributed by atoms with Gasteiger partial charge in [0.1, 0.15) is 28.6 Å². The van der Waals surface area contributed by atoms with Crippen LogP contribution >= 0.6 is 11.6 Å². The van der Waals surface area contributed by atoms with Crippen LogP contribution in [-0.4, -0.2) is 105 Å². The first-order chi connectivity index (χ1) is 21.2. The average Bonchev–Trinajstić information content (AvgIpc) is 3.07. The lowest BCUT2D eigenvalue weighted by molar-refractivity contribution is -0.148. The van der Waals surface area contributed by atoms with E-state index in [1.807, 2.05) is 78.9 Å². The molecule has 3 aromatic carbocycles. The van der Waals surface area contributed by atoms with Crippen molar-refractivity contribution in [2.24, 2.45) is 0 Å². The number of hydrogen-bond donors (Lipinski definition) is 6. The number of methoxy groups -OCH3 is 2. The minimum atomic E-state index is -1.63. The molecule has 264 valence electrons. The topological polar surface area (TPSA) is 254 Å². The van der Waals surface area contributed by atoms with E-state index in [0.717, 1.165) is 28.2 Å². The molecular weight excluding hydrogens is 640 g/mol. The number of carbonyl (C=O) groups is 3. The number of carboxylic acids is 1. The number of halogens is 1. The van der Waals surface area contributed by atoms with Gasteiger partial charge in [-0.05, 0) is 61.2 Å². The first-order valence-electron chi connectivity index (χ1n) is 13.8. The molecule has 3 unspecified atom stereocenters. The Morgan fingerprint density at radius 2 is 1.00 bits per heavy atom. The lowest BCUT2D eigenvalue weighted by atomic mass is 9.84. The first kappa shape index (κ1) is 47.5. The van der Waals surface area contributed by atoms with E-state index in [9.17, 15) is 14.4 Å². The second-order valence-electron chi connectivity index (χ2n) is 9.36. The van der Waals surface area contributed by atoms with Crippen LogP contribution in [0, 0.1) is 0 Å². The number of ketones is 2. The molecule has 0 fully saturated rings. The molecule has 0 bridgehead atoms. The molecule has 3 atom stereocenters. The zero-order valence-electron chi connectivity index (χ0n) is 27.0. The molecule has 0 saturated carbocycles. The van der Waals surface area contributed by atoms with E-state index in [1.54, 1.807) is 21.1 Å². The number of aliphatic hydroxyl groups excluding tert-OH is 5. The fourth-order valence-electron chi connectivity index (χ4n) is 3.30. The van der Waals surface area contributed by atoms with Crippen molar-refractivity contribution >= 4 is 29.1 Å². The van der Waals surface area contributed by atoms with Crippen molar-refractivity contribution in [3.63, 3.8) is 0 Å². The number of carbonyl (C=O) groups excluding carboxylic acids is 2. The zero-order valence-corrected chi connectivity index (χ0v) is 27.7. The van der Waals surface area contributed by atoms with Gasteiger partial charge in [-0.15, -0.1) is 11.6 Å². The van der Waals surface area contributed by atoms with Gasteiger partial charge >= 0.3 is 5.97 Å². The van der Waals surface area contributed by atoms with Gasteiger partial charge in [0.25, 0.3) is 0 Å². The highest BCUT2D eigenvalue weighted by atomic mass is 35.5. The minimum absolute atomic E-state index is 0. The van der Waals surface area contributed by atoms with E-state index in [2.05, 4.69) is 0 Å². The van der Waals surface area contributed by atoms with Gasteiger partial charge in [0.05, 0.1) is 27.4 Å². The number of aliphatic hydroxyl groups is 5. The molecular formula is C33H47ClO13. The predicted molar refractivity (Wildman–Crippen MR) is 177 cm³/mol. The number of aliphatic carboxylic acids is 1. The van der Waals surface area contributed by atoms with Crippen LogP contribution in [-0.2, 0) is 19.3 Å². The summed E-state index contributed by atoms with van der Waals surface area (Å²) < 4.78 is 10.5. The van der Waals surface area contributed by atoms with E-state index >= 15 is 0 Å². The highest BCUT2D eigenvalue weighted by Crippen LogP contribution is 2.43. The molecule has 13 nitrogen and oxygen atoms in total. The van der Waals surface area contributed by atoms with E-state index < -0.39 is 48.2 Å². The second-order valence-corrected chi connectivity index (χ2v) is 9.93. The van der Waals surface area contributed by atoms with Gasteiger partial charge in [0.2, 0.25) is 0 Å². The van der Waals surface area contributed by atoms with E-state index in [4.69, 9.17) is 51.7 Å². The van der Waals surface area contributed by atoms with Crippen molar-refractivity contribution < 1.29 is 65.4 Å². The Bertz CT molecular complexity index is 1170. The van der Waals surface area contributed by atoms with Crippen molar-refractivity contribution in [2.45, 2.75) is 50.4 Å². The number of Topliss-reactive ketones (excluding diaryl/α,β-unsaturated/α-hetero) is 2. The Balaban J connectivity index is -0.000000695. The fraction of sp³-hybridized carbons (Fsp3) is 0.364. The number of rotatable bonds is 11. The van der Waals surface area contributed by atoms with Gasteiger partial charge < -0.3 is 51.1 Å². The third kappa shape index (κ3) is 16.5. The van der Waals surface area contributed by atoms with Gasteiger partial charge in [0.15, 0.2) is 17.7 Å². The maximum Gasteiger partial charge on any atom is 0.334 e. The number of benzene rings is 3. The standard InChI is InChI=1S/C21H19ClO2.C5H10O2.C4H8O3.C3H6O4.2H2O/c1-23-19-12-8-17(9-13-19)21(22,16-6-4-3-5-7-16)18-10-14-20(24-2)15-11-18;1-3-5(7)4(2)6;1-3(6)4(7)2-5;4-1-2(5)3(6)7;;/h3-15H,1-2H3;5,7H,3H2,1-2H3;4-5,7H,2H2,1H3;2,4-5H,1H2,(H,6,7);2*1H2. The molecule has 3 rings (SSSR count). The maximum absolute atomic E-state index is 10.1. The van der Waals surface area contributed by atoms with Crippen molar-refractivity contribution in [3.8, 4) is 11.5 Å². The molecule has 0 aromatic heterocycles. The van der Waals surface area contributed by atoms with Gasteiger partial charge in [-0.2, -0.15) is 0 Å². The van der Waals surface area contributed by atoms with Crippen LogP contribution < -0.4 is 9.47 Å². The molecule has 0 radical (unpaired) electrons. The van der Waals surface area contributed by atoms with Crippen LogP contribution in [0.5, 0.6) is 11.5 Å². The summed E-state index contributed by atoms with van der Waals surface area (Å²) in [7, 11) is 3.31. The van der Waals surface area contributed by atoms with Crippen molar-refractivity contribution in [1.29, 1.82) is 0 Å². The Labute approximate surface area is 279 Å². The Kier molecular flexibility index (Phi) is 25.5. The largest absolute Gasteiger partial charge is 0.497 e. The van der Waals surface area contributed by atoms with E-state index in [1.165, 1.54) is 13.8 Å². The Morgan fingerprint density at radius 3 is 1.19 bits per heavy atom. The van der Waals surface area contributed by atoms with Gasteiger partial charge in [-0.3, -0.25) is 9.59 Å². The quantitative estimate of drug-likeness (QED) is 0.124. The summed E-state index contributed by atoms with van der Waals surface area (Å²) in [6.45, 7) is 3.17. The third-order valence-corrected chi connectivity index (χ3v) is 6.76. The molecule has 0 spiro atoms. The van der Waals surface area contributed by atoms with E-state index in [-0.39, 0.29) is 16.7 Å². The summed E-state index contributed by atoms with van der Waals surface area (Å²) in [6.07, 6.45) is -3.02. The molecule has 0 saturated heterocycles. The number of ether oxygens (including phenoxy) is 2. The lowest BCUT2D eigenvalue weighted by Crippen LogP contribution is -2.22. The smallest absolute Gasteiger partial charge is 0.334 e. The lowest BCUT2D eigenvalue weighted by Gasteiger charge is -2.29. The second kappa shape index (κ2) is 25.2. The van der Waals surface area contributed by atoms with Crippen LogP contribution in [0.4, 0.5) is 0 Å². The summed E-state index contributed by atoms with van der Waals surface area (Å²) in [4.78, 5) is 28.8. The summed E-state index contributed by atoms with van der Waals surface area (Å²) in [5, 5.41) is 48.7. The van der Waals surface area contributed by atoms with Crippen molar-refractivity contribution in [1.82, 2.24) is 0 Å². The molecule has 0 heterocycles. The molecule has 0 amide bonds. The van der Waals surface area contributed by atoms with Crippen LogP contribution in [0.15, 0.2) is 78.9 Å². The summed E-state index contributed by atoms with van der Waals surface area (Å²) in [5.41, 5.74) is 2.99. The molecule has 14 heteroatoms. The predicted octanol–water partition coefficient (Wildman–Crippen LogP) is 1.28. The third-order valence-electron chi connectivity index (χ3n) is 6.10. The van der Waals surface area contributed by atoms with Crippen LogP contribution in [0.2, 0.25) is 0 Å². The molecule has 10 N–H and O–H groups in total. The molecule has 47 heavy (non-hydrogen) atoms. The highest BCUT2D eigenvalue weighted by Gasteiger charge is 2.34.